The zero-order chi connectivity index (χ0) is 4.83. The molecule has 6 heavy (non-hydrogen) atoms. The van der Waals surface area contributed by atoms with Crippen LogP contribution in [0.1, 0.15) is 19.8 Å². The summed E-state index contributed by atoms with van der Waals surface area (Å²) in [5.41, 5.74) is 0. The molecule has 0 saturated heterocycles. The zero-order valence-corrected chi connectivity index (χ0v) is 5.33. The van der Waals surface area contributed by atoms with Crippen molar-refractivity contribution in [2.45, 2.75) is 19.8 Å². The van der Waals surface area contributed by atoms with Crippen LogP contribution in [0.2, 0.25) is 0 Å². The highest BCUT2D eigenvalue weighted by Crippen LogP contribution is 1.87. The van der Waals surface area contributed by atoms with Crippen molar-refractivity contribution in [2.24, 2.45) is 0 Å². The van der Waals surface area contributed by atoms with Crippen LogP contribution in [-0.4, -0.2) is 12.5 Å². The Balaban J connectivity index is 2.66. The van der Waals surface area contributed by atoms with E-state index in [-0.39, 0.29) is 0 Å². The van der Waals surface area contributed by atoms with Crippen LogP contribution in [0.3, 0.4) is 0 Å². The van der Waals surface area contributed by atoms with Gasteiger partial charge in [-0.25, -0.2) is 0 Å². The van der Waals surface area contributed by atoms with Gasteiger partial charge in [0.25, 0.3) is 0 Å². The first kappa shape index (κ1) is 6.17. The van der Waals surface area contributed by atoms with Crippen LogP contribution in [0.25, 0.3) is 0 Å². The molecule has 0 atom stereocenters. The molecule has 0 nitrogen and oxygen atoms in total. The molecule has 0 amide bonds. The van der Waals surface area contributed by atoms with E-state index in [4.69, 9.17) is 0 Å². The fraction of sp³-hybridized carbons (Fsp3) is 0.800. The lowest BCUT2D eigenvalue weighted by molar-refractivity contribution is 1.02. The van der Waals surface area contributed by atoms with Crippen LogP contribution in [0.4, 0.5) is 0 Å². The molecule has 0 spiro atoms. The second-order valence-electron chi connectivity index (χ2n) is 1.23. The van der Waals surface area contributed by atoms with Crippen LogP contribution < -0.4 is 0 Å². The summed E-state index contributed by atoms with van der Waals surface area (Å²) in [6.07, 6.45) is 2.57. The highest BCUT2D eigenvalue weighted by molar-refractivity contribution is 7.37. The third-order valence-electron chi connectivity index (χ3n) is 0.600. The monoisotopic (exact) mass is 102 g/mol. The summed E-state index contributed by atoms with van der Waals surface area (Å²) in [5.74, 6) is 2.28. The molecule has 0 radical (unpaired) electrons. The Kier molecular flexibility index (Phi) is 5.32. The van der Waals surface area contributed by atoms with E-state index < -0.39 is 0 Å². The van der Waals surface area contributed by atoms with Gasteiger partial charge < -0.3 is 0 Å². The zero-order valence-electron chi connectivity index (χ0n) is 4.44. The molecule has 0 rings (SSSR count). The topological polar surface area (TPSA) is 0 Å². The van der Waals surface area contributed by atoms with Crippen molar-refractivity contribution in [2.75, 3.05) is 6.66 Å². The van der Waals surface area contributed by atoms with Gasteiger partial charge in [0, 0.05) is 0 Å². The van der Waals surface area contributed by atoms with Crippen molar-refractivity contribution in [3.8, 4) is 0 Å². The van der Waals surface area contributed by atoms with Crippen molar-refractivity contribution < 1.29 is 0 Å². The fourth-order valence-corrected chi connectivity index (χ4v) is 0.775. The molecule has 0 bridgehead atoms. The number of unbranched alkanes of at least 4 members (excludes halogenated alkanes) is 1. The molecular formula is C5H11P. The first-order valence-corrected chi connectivity index (χ1v) is 3.73. The minimum Gasteiger partial charge on any atom is -0.112 e. The van der Waals surface area contributed by atoms with Crippen molar-refractivity contribution in [1.82, 2.24) is 0 Å². The molecule has 0 saturated carbocycles. The lowest BCUT2D eigenvalue weighted by Gasteiger charge is -1.75. The van der Waals surface area contributed by atoms with Crippen LogP contribution in [0.15, 0.2) is 0 Å². The first-order chi connectivity index (χ1) is 2.91. The average molecular weight is 102 g/mol. The Labute approximate surface area is 41.4 Å². The predicted octanol–water partition coefficient (Wildman–Crippen LogP) is 2.16. The molecule has 1 heteroatoms. The van der Waals surface area contributed by atoms with Gasteiger partial charge >= 0.3 is 0 Å². The van der Waals surface area contributed by atoms with Gasteiger partial charge in [-0.3, -0.25) is 0 Å². The van der Waals surface area contributed by atoms with Gasteiger partial charge in [0.1, 0.15) is 0 Å². The normalized spacial score (nSPS) is 10.3. The highest BCUT2D eigenvalue weighted by atomic mass is 31.1. The third kappa shape index (κ3) is 4.17. The second kappa shape index (κ2) is 5.17. The number of hydrogen-bond donors (Lipinski definition) is 0. The molecule has 0 aliphatic heterocycles. The Bertz CT molecular complexity index is 39.2. The molecular weight excluding hydrogens is 91.0 g/mol. The minimum absolute atomic E-state index is 1.28. The van der Waals surface area contributed by atoms with Crippen LogP contribution in [-0.2, 0) is 0 Å². The van der Waals surface area contributed by atoms with Gasteiger partial charge in [0.05, 0.1) is 0 Å². The fourth-order valence-electron chi connectivity index (χ4n) is 0.258. The second-order valence-corrected chi connectivity index (χ2v) is 2.11. The van der Waals surface area contributed by atoms with E-state index in [1.165, 1.54) is 21.0 Å². The van der Waals surface area contributed by atoms with Crippen LogP contribution in [0.5, 0.6) is 0 Å². The van der Waals surface area contributed by atoms with Gasteiger partial charge in [0.15, 0.2) is 0 Å². The van der Waals surface area contributed by atoms with Crippen molar-refractivity contribution in [3.63, 3.8) is 0 Å². The van der Waals surface area contributed by atoms with E-state index in [0.717, 1.165) is 0 Å². The Hall–Kier alpha value is 0.170. The van der Waals surface area contributed by atoms with Gasteiger partial charge in [-0.2, -0.15) is 0 Å². The smallest absolute Gasteiger partial charge is 0.0226 e. The van der Waals surface area contributed by atoms with E-state index in [0.29, 0.717) is 0 Å². The standard InChI is InChI=1S/C5H11P/c1-3-4-5-6-2/h5H,3-4H2,1-2H3. The molecule has 0 unspecified atom stereocenters. The molecule has 0 aliphatic carbocycles. The van der Waals surface area contributed by atoms with E-state index in [9.17, 15) is 0 Å². The first-order valence-electron chi connectivity index (χ1n) is 2.32. The molecule has 0 N–H and O–H groups in total. The average Bonchev–Trinajstić information content (AvgIpc) is 1.61. The number of hydrogen-bond acceptors (Lipinski definition) is 0. The summed E-state index contributed by atoms with van der Waals surface area (Å²) in [6.45, 7) is 4.34. The largest absolute Gasteiger partial charge is 0.112 e. The van der Waals surface area contributed by atoms with E-state index in [2.05, 4.69) is 19.4 Å². The summed E-state index contributed by atoms with van der Waals surface area (Å²) >= 11 is 0. The van der Waals surface area contributed by atoms with Crippen LogP contribution >= 0.6 is 8.20 Å². The van der Waals surface area contributed by atoms with Gasteiger partial charge in [-0.05, 0) is 13.1 Å². The van der Waals surface area contributed by atoms with Gasteiger partial charge in [-0.15, -0.1) is 8.20 Å². The molecule has 0 aliphatic rings. The van der Waals surface area contributed by atoms with Gasteiger partial charge in [-0.1, -0.05) is 19.1 Å². The number of rotatable bonds is 2. The van der Waals surface area contributed by atoms with E-state index >= 15 is 0 Å². The summed E-state index contributed by atoms with van der Waals surface area (Å²) in [7, 11) is 1.42. The van der Waals surface area contributed by atoms with E-state index in [1.54, 1.807) is 0 Å². The third-order valence-corrected chi connectivity index (χ3v) is 1.22. The van der Waals surface area contributed by atoms with Gasteiger partial charge in [0.2, 0.25) is 0 Å². The summed E-state index contributed by atoms with van der Waals surface area (Å²) < 4.78 is 0. The molecule has 0 heterocycles. The summed E-state index contributed by atoms with van der Waals surface area (Å²) in [5, 5.41) is 0. The van der Waals surface area contributed by atoms with Crippen molar-refractivity contribution in [3.05, 3.63) is 0 Å². The molecule has 0 aromatic heterocycles. The van der Waals surface area contributed by atoms with Crippen molar-refractivity contribution >= 4 is 14.0 Å². The highest BCUT2D eigenvalue weighted by Gasteiger charge is 1.65. The molecule has 0 aromatic rings. The molecule has 0 fully saturated rings. The van der Waals surface area contributed by atoms with Crippen LogP contribution in [0, 0.1) is 0 Å². The molecule has 0 aromatic carbocycles. The SMILES string of the molecule is CCCC=PC. The summed E-state index contributed by atoms with van der Waals surface area (Å²) in [6, 6.07) is 0. The molecule has 36 valence electrons. The maximum atomic E-state index is 2.28. The Morgan fingerprint density at radius 1 is 1.67 bits per heavy atom. The maximum Gasteiger partial charge on any atom is -0.0226 e. The Morgan fingerprint density at radius 2 is 2.33 bits per heavy atom. The summed E-state index contributed by atoms with van der Waals surface area (Å²) in [4.78, 5) is 0. The quantitative estimate of drug-likeness (QED) is 0.469. The lowest BCUT2D eigenvalue weighted by atomic mass is 10.4. The Morgan fingerprint density at radius 3 is 2.50 bits per heavy atom. The van der Waals surface area contributed by atoms with Crippen molar-refractivity contribution in [1.29, 1.82) is 0 Å². The maximum absolute atomic E-state index is 2.28. The van der Waals surface area contributed by atoms with E-state index in [1.807, 2.05) is 0 Å². The lowest BCUT2D eigenvalue weighted by Crippen LogP contribution is -1.62. The minimum atomic E-state index is 1.28. The predicted molar refractivity (Wildman–Crippen MR) is 33.8 cm³/mol.